The van der Waals surface area contributed by atoms with Gasteiger partial charge in [-0.3, -0.25) is 4.79 Å². The molecule has 1 N–H and O–H groups in total. The van der Waals surface area contributed by atoms with Gasteiger partial charge in [-0.1, -0.05) is 11.6 Å². The fraction of sp³-hybridized carbons (Fsp3) is 0.562. The van der Waals surface area contributed by atoms with Gasteiger partial charge in [-0.25, -0.2) is 0 Å². The topological polar surface area (TPSA) is 29.1 Å². The van der Waals surface area contributed by atoms with Crippen molar-refractivity contribution in [1.29, 1.82) is 0 Å². The lowest BCUT2D eigenvalue weighted by Gasteiger charge is -2.40. The molecule has 1 aliphatic carbocycles. The molecule has 1 aromatic carbocycles. The van der Waals surface area contributed by atoms with Crippen LogP contribution in [0.3, 0.4) is 0 Å². The molecule has 0 spiro atoms. The zero-order chi connectivity index (χ0) is 14.8. The lowest BCUT2D eigenvalue weighted by atomic mass is 10.1. The van der Waals surface area contributed by atoms with Crippen LogP contribution in [0.5, 0.6) is 0 Å². The molecule has 3 nitrogen and oxygen atoms in total. The van der Waals surface area contributed by atoms with E-state index in [9.17, 15) is 4.79 Å². The summed E-state index contributed by atoms with van der Waals surface area (Å²) in [6.07, 6.45) is 5.03. The molecule has 1 fully saturated rings. The van der Waals surface area contributed by atoms with Crippen molar-refractivity contribution in [2.24, 2.45) is 0 Å². The third-order valence-electron chi connectivity index (χ3n) is 4.76. The van der Waals surface area contributed by atoms with Crippen LogP contribution in [0.2, 0.25) is 5.02 Å². The van der Waals surface area contributed by atoms with Crippen LogP contribution in [0.15, 0.2) is 24.3 Å². The summed E-state index contributed by atoms with van der Waals surface area (Å²) in [5.41, 5.74) is 0.803. The summed E-state index contributed by atoms with van der Waals surface area (Å²) in [4.78, 5) is 12.4. The normalized spacial score (nSPS) is 18.0. The van der Waals surface area contributed by atoms with Crippen LogP contribution < -0.4 is 5.32 Å². The number of nitrogens with one attached hydrogen (secondary N) is 1. The number of benzene rings is 1. The Morgan fingerprint density at radius 2 is 1.80 bits per heavy atom. The Morgan fingerprint density at radius 1 is 1.25 bits per heavy atom. The third-order valence-corrected chi connectivity index (χ3v) is 5.01. The van der Waals surface area contributed by atoms with E-state index in [0.717, 1.165) is 10.2 Å². The van der Waals surface area contributed by atoms with E-state index in [1.807, 2.05) is 19.1 Å². The molecule has 0 aliphatic heterocycles. The smallest absolute Gasteiger partial charge is 0.282 e. The molecule has 0 bridgehead atoms. The fourth-order valence-corrected chi connectivity index (χ4v) is 3.09. The van der Waals surface area contributed by atoms with E-state index in [-0.39, 0.29) is 11.9 Å². The maximum Gasteiger partial charge on any atom is 0.282 e. The van der Waals surface area contributed by atoms with Crippen LogP contribution >= 0.6 is 11.6 Å². The molecule has 110 valence electrons. The summed E-state index contributed by atoms with van der Waals surface area (Å²) in [5.74, 6) is 0.0734. The second-order valence-electron chi connectivity index (χ2n) is 6.24. The first-order chi connectivity index (χ1) is 9.41. The van der Waals surface area contributed by atoms with Crippen molar-refractivity contribution in [3.63, 3.8) is 0 Å². The first-order valence-corrected chi connectivity index (χ1v) is 7.69. The van der Waals surface area contributed by atoms with E-state index < -0.39 is 0 Å². The van der Waals surface area contributed by atoms with Gasteiger partial charge in [0.2, 0.25) is 0 Å². The second kappa shape index (κ2) is 6.15. The number of likely N-dealkylation sites (N-methyl/N-ethyl adjacent to an activating group) is 1. The minimum atomic E-state index is -0.0613. The van der Waals surface area contributed by atoms with Gasteiger partial charge in [-0.05, 0) is 56.9 Å². The molecule has 0 aromatic heterocycles. The van der Waals surface area contributed by atoms with E-state index in [0.29, 0.717) is 11.1 Å². The molecular weight excluding hydrogens is 272 g/mol. The van der Waals surface area contributed by atoms with Gasteiger partial charge < -0.3 is 9.80 Å². The number of halogens is 1. The first-order valence-electron chi connectivity index (χ1n) is 7.31. The predicted molar refractivity (Wildman–Crippen MR) is 83.9 cm³/mol. The van der Waals surface area contributed by atoms with E-state index in [4.69, 9.17) is 11.6 Å². The van der Waals surface area contributed by atoms with E-state index >= 15 is 0 Å². The molecule has 0 radical (unpaired) electrons. The summed E-state index contributed by atoms with van der Waals surface area (Å²) in [6, 6.07) is 7.79. The molecule has 0 heterocycles. The average Bonchev–Trinajstić information content (AvgIpc) is 2.95. The van der Waals surface area contributed by atoms with Gasteiger partial charge in [0.15, 0.2) is 6.04 Å². The fourth-order valence-electron chi connectivity index (χ4n) is 2.97. The Balaban J connectivity index is 2.02. The zero-order valence-electron chi connectivity index (χ0n) is 12.5. The molecule has 1 atom stereocenters. The summed E-state index contributed by atoms with van der Waals surface area (Å²) in [6.45, 7) is 2.02. The van der Waals surface area contributed by atoms with Gasteiger partial charge in [0.05, 0.1) is 20.1 Å². The molecule has 0 unspecified atom stereocenters. The van der Waals surface area contributed by atoms with Crippen molar-refractivity contribution in [2.75, 3.05) is 19.4 Å². The average molecular weight is 296 g/mol. The largest absolute Gasteiger partial charge is 0.321 e. The Hall–Kier alpha value is -1.06. The third kappa shape index (κ3) is 3.33. The molecule has 1 amide bonds. The Morgan fingerprint density at radius 3 is 2.35 bits per heavy atom. The number of nitrogens with zero attached hydrogens (tertiary/aromatic N) is 1. The molecular formula is C16H24ClN2O+. The van der Waals surface area contributed by atoms with Crippen LogP contribution in [0.1, 0.15) is 32.6 Å². The van der Waals surface area contributed by atoms with Crippen molar-refractivity contribution in [2.45, 2.75) is 44.7 Å². The summed E-state index contributed by atoms with van der Waals surface area (Å²) in [7, 11) is 4.34. The summed E-state index contributed by atoms with van der Waals surface area (Å²) < 4.78 is 0.763. The highest BCUT2D eigenvalue weighted by Gasteiger charge is 2.39. The van der Waals surface area contributed by atoms with Gasteiger partial charge >= 0.3 is 0 Å². The lowest BCUT2D eigenvalue weighted by molar-refractivity contribution is -0.927. The van der Waals surface area contributed by atoms with Gasteiger partial charge in [0, 0.05) is 10.7 Å². The highest BCUT2D eigenvalue weighted by molar-refractivity contribution is 6.30. The molecule has 4 heteroatoms. The first kappa shape index (κ1) is 15.3. The standard InChI is InChI=1S/C16H23ClN2O/c1-12(19(2,3)15-6-4-5-7-15)16(20)18-14-10-8-13(17)9-11-14/h8-12,15H,4-7H2,1-3H3/p+1/t12-/m0/s1. The number of carbonyl (C=O) groups excluding carboxylic acids is 1. The monoisotopic (exact) mass is 295 g/mol. The molecule has 1 aliphatic rings. The van der Waals surface area contributed by atoms with Gasteiger partial charge in [0.25, 0.3) is 5.91 Å². The van der Waals surface area contributed by atoms with Crippen molar-refractivity contribution in [3.05, 3.63) is 29.3 Å². The van der Waals surface area contributed by atoms with E-state index in [1.165, 1.54) is 25.7 Å². The zero-order valence-corrected chi connectivity index (χ0v) is 13.3. The van der Waals surface area contributed by atoms with Crippen LogP contribution in [0, 0.1) is 0 Å². The van der Waals surface area contributed by atoms with Crippen molar-refractivity contribution >= 4 is 23.2 Å². The number of carbonyl (C=O) groups is 1. The highest BCUT2D eigenvalue weighted by Crippen LogP contribution is 2.29. The Bertz CT molecular complexity index is 464. The predicted octanol–water partition coefficient (Wildman–Crippen LogP) is 3.69. The van der Waals surface area contributed by atoms with Gasteiger partial charge in [-0.15, -0.1) is 0 Å². The van der Waals surface area contributed by atoms with Crippen LogP contribution in [-0.2, 0) is 4.79 Å². The molecule has 2 rings (SSSR count). The maximum absolute atomic E-state index is 12.4. The van der Waals surface area contributed by atoms with Crippen LogP contribution in [0.4, 0.5) is 5.69 Å². The van der Waals surface area contributed by atoms with Crippen molar-refractivity contribution in [1.82, 2.24) is 0 Å². The Kier molecular flexibility index (Phi) is 4.71. The SMILES string of the molecule is C[C@@H](C(=O)Nc1ccc(Cl)cc1)[N+](C)(C)C1CCCC1. The van der Waals surface area contributed by atoms with Crippen LogP contribution in [0.25, 0.3) is 0 Å². The number of amides is 1. The molecule has 1 aromatic rings. The van der Waals surface area contributed by atoms with Crippen molar-refractivity contribution in [3.8, 4) is 0 Å². The molecule has 1 saturated carbocycles. The minimum Gasteiger partial charge on any atom is -0.321 e. The quantitative estimate of drug-likeness (QED) is 0.844. The summed E-state index contributed by atoms with van der Waals surface area (Å²) >= 11 is 5.85. The van der Waals surface area contributed by atoms with Crippen molar-refractivity contribution < 1.29 is 9.28 Å². The maximum atomic E-state index is 12.4. The number of rotatable bonds is 4. The van der Waals surface area contributed by atoms with Gasteiger partial charge in [0.1, 0.15) is 0 Å². The Labute approximate surface area is 126 Å². The summed E-state index contributed by atoms with van der Waals surface area (Å²) in [5, 5.41) is 3.66. The number of quaternary nitrogens is 1. The minimum absolute atomic E-state index is 0.0613. The number of anilines is 1. The number of hydrogen-bond acceptors (Lipinski definition) is 1. The highest BCUT2D eigenvalue weighted by atomic mass is 35.5. The van der Waals surface area contributed by atoms with E-state index in [2.05, 4.69) is 19.4 Å². The van der Waals surface area contributed by atoms with Crippen LogP contribution in [-0.4, -0.2) is 36.6 Å². The van der Waals surface area contributed by atoms with E-state index in [1.54, 1.807) is 12.1 Å². The van der Waals surface area contributed by atoms with Gasteiger partial charge in [-0.2, -0.15) is 0 Å². The molecule has 0 saturated heterocycles. The number of hydrogen-bond donors (Lipinski definition) is 1. The lowest BCUT2D eigenvalue weighted by Crippen LogP contribution is -2.57. The second-order valence-corrected chi connectivity index (χ2v) is 6.68. The molecule has 20 heavy (non-hydrogen) atoms.